The lowest BCUT2D eigenvalue weighted by molar-refractivity contribution is 0.00752. The van der Waals surface area contributed by atoms with Gasteiger partial charge in [0.1, 0.15) is 5.82 Å². The lowest BCUT2D eigenvalue weighted by Gasteiger charge is -2.37. The Bertz CT molecular complexity index is 585. The van der Waals surface area contributed by atoms with Crippen LogP contribution in [0.5, 0.6) is 0 Å². The molecule has 0 aromatic heterocycles. The van der Waals surface area contributed by atoms with Gasteiger partial charge >= 0.3 is 0 Å². The molecule has 26 heavy (non-hydrogen) atoms. The maximum atomic E-state index is 13.4. The molecule has 1 aromatic rings. The molecule has 0 radical (unpaired) electrons. The van der Waals surface area contributed by atoms with E-state index >= 15 is 0 Å². The smallest absolute Gasteiger partial charge is 0.191 e. The molecule has 1 fully saturated rings. The first-order valence-electron chi connectivity index (χ1n) is 9.60. The number of rotatable bonds is 7. The summed E-state index contributed by atoms with van der Waals surface area (Å²) in [5.41, 5.74) is 1.66. The third-order valence-corrected chi connectivity index (χ3v) is 4.75. The number of aliphatic imine (C=N–C) groups is 1. The van der Waals surface area contributed by atoms with Gasteiger partial charge in [-0.25, -0.2) is 9.38 Å². The quantitative estimate of drug-likeness (QED) is 0.577. The summed E-state index contributed by atoms with van der Waals surface area (Å²) in [6, 6.07) is 5.59. The van der Waals surface area contributed by atoms with Gasteiger partial charge in [-0.15, -0.1) is 0 Å². The number of aryl methyl sites for hydroxylation is 1. The maximum absolute atomic E-state index is 13.4. The molecule has 2 N–H and O–H groups in total. The summed E-state index contributed by atoms with van der Waals surface area (Å²) < 4.78 is 18.9. The molecule has 1 saturated heterocycles. The number of benzene rings is 1. The van der Waals surface area contributed by atoms with Gasteiger partial charge in [0, 0.05) is 32.2 Å². The van der Waals surface area contributed by atoms with E-state index in [4.69, 9.17) is 4.74 Å². The number of hydrogen-bond acceptors (Lipinski definition) is 3. The van der Waals surface area contributed by atoms with Gasteiger partial charge in [0.2, 0.25) is 0 Å². The second-order valence-corrected chi connectivity index (χ2v) is 7.12. The minimum absolute atomic E-state index is 0.173. The largest absolute Gasteiger partial charge is 0.379 e. The standard InChI is InChI=1S/C20H33FN4O/c1-5-22-20(23-13-17-6-7-18(21)16(4)12-17)24-14-19(15(2)3)25-8-10-26-11-9-25/h6-7,12,15,19H,5,8-11,13-14H2,1-4H3,(H2,22,23,24). The van der Waals surface area contributed by atoms with E-state index in [-0.39, 0.29) is 5.82 Å². The molecule has 146 valence electrons. The molecule has 0 bridgehead atoms. The summed E-state index contributed by atoms with van der Waals surface area (Å²) in [6.07, 6.45) is 0. The predicted octanol–water partition coefficient (Wildman–Crippen LogP) is 2.55. The van der Waals surface area contributed by atoms with Crippen LogP contribution in [-0.4, -0.2) is 56.3 Å². The van der Waals surface area contributed by atoms with Gasteiger partial charge in [0.15, 0.2) is 5.96 Å². The number of morpholine rings is 1. The fraction of sp³-hybridized carbons (Fsp3) is 0.650. The Morgan fingerprint density at radius 1 is 1.27 bits per heavy atom. The fourth-order valence-electron chi connectivity index (χ4n) is 3.21. The topological polar surface area (TPSA) is 48.9 Å². The van der Waals surface area contributed by atoms with Gasteiger partial charge < -0.3 is 15.4 Å². The molecule has 0 saturated carbocycles. The summed E-state index contributed by atoms with van der Waals surface area (Å²) in [7, 11) is 0. The van der Waals surface area contributed by atoms with Crippen LogP contribution in [0.15, 0.2) is 23.2 Å². The summed E-state index contributed by atoms with van der Waals surface area (Å²) in [5, 5.41) is 6.78. The Morgan fingerprint density at radius 3 is 2.62 bits per heavy atom. The van der Waals surface area contributed by atoms with E-state index in [1.54, 1.807) is 13.0 Å². The van der Waals surface area contributed by atoms with Crippen LogP contribution < -0.4 is 10.6 Å². The molecule has 5 nitrogen and oxygen atoms in total. The maximum Gasteiger partial charge on any atom is 0.191 e. The van der Waals surface area contributed by atoms with Crippen molar-refractivity contribution in [3.8, 4) is 0 Å². The predicted molar refractivity (Wildman–Crippen MR) is 105 cm³/mol. The zero-order valence-electron chi connectivity index (χ0n) is 16.5. The lowest BCUT2D eigenvalue weighted by atomic mass is 10.0. The van der Waals surface area contributed by atoms with E-state index in [0.29, 0.717) is 24.1 Å². The van der Waals surface area contributed by atoms with Crippen molar-refractivity contribution in [2.45, 2.75) is 40.3 Å². The lowest BCUT2D eigenvalue weighted by Crippen LogP contribution is -2.52. The van der Waals surface area contributed by atoms with Gasteiger partial charge in [-0.2, -0.15) is 0 Å². The molecule has 0 spiro atoms. The van der Waals surface area contributed by atoms with Crippen molar-refractivity contribution in [1.29, 1.82) is 0 Å². The third kappa shape index (κ3) is 6.25. The van der Waals surface area contributed by atoms with Gasteiger partial charge in [-0.1, -0.05) is 26.0 Å². The Labute approximate surface area is 157 Å². The first-order valence-corrected chi connectivity index (χ1v) is 9.60. The highest BCUT2D eigenvalue weighted by atomic mass is 19.1. The Kier molecular flexibility index (Phi) is 8.32. The van der Waals surface area contributed by atoms with Crippen molar-refractivity contribution < 1.29 is 9.13 Å². The molecule has 6 heteroatoms. The third-order valence-electron chi connectivity index (χ3n) is 4.75. The minimum Gasteiger partial charge on any atom is -0.379 e. The highest BCUT2D eigenvalue weighted by Gasteiger charge is 2.23. The van der Waals surface area contributed by atoms with E-state index in [1.165, 1.54) is 6.07 Å². The molecule has 1 atom stereocenters. The van der Waals surface area contributed by atoms with Crippen molar-refractivity contribution in [3.63, 3.8) is 0 Å². The van der Waals surface area contributed by atoms with Gasteiger partial charge in [-0.05, 0) is 37.0 Å². The molecule has 1 aliphatic rings. The molecule has 0 aliphatic carbocycles. The SMILES string of the molecule is CCNC(=NCc1ccc(F)c(C)c1)NCC(C(C)C)N1CCOCC1. The number of halogens is 1. The number of nitrogens with zero attached hydrogens (tertiary/aromatic N) is 2. The van der Waals surface area contributed by atoms with Gasteiger partial charge in [0.05, 0.1) is 19.8 Å². The van der Waals surface area contributed by atoms with Crippen LogP contribution in [0.1, 0.15) is 31.9 Å². The molecule has 0 amide bonds. The molecule has 1 aromatic carbocycles. The fourth-order valence-corrected chi connectivity index (χ4v) is 3.21. The Balaban J connectivity index is 1.97. The Morgan fingerprint density at radius 2 is 2.00 bits per heavy atom. The van der Waals surface area contributed by atoms with Crippen LogP contribution in [-0.2, 0) is 11.3 Å². The molecule has 1 unspecified atom stereocenters. The summed E-state index contributed by atoms with van der Waals surface area (Å²) in [6.45, 7) is 14.1. The highest BCUT2D eigenvalue weighted by Crippen LogP contribution is 2.13. The number of hydrogen-bond donors (Lipinski definition) is 2. The average Bonchev–Trinajstić information content (AvgIpc) is 2.63. The van der Waals surface area contributed by atoms with E-state index < -0.39 is 0 Å². The molecular weight excluding hydrogens is 331 g/mol. The second kappa shape index (κ2) is 10.5. The van der Waals surface area contributed by atoms with Crippen LogP contribution in [0, 0.1) is 18.7 Å². The molecule has 1 aliphatic heterocycles. The van der Waals surface area contributed by atoms with Crippen molar-refractivity contribution in [1.82, 2.24) is 15.5 Å². The summed E-state index contributed by atoms with van der Waals surface area (Å²) in [4.78, 5) is 7.15. The van der Waals surface area contributed by atoms with Crippen LogP contribution in [0.4, 0.5) is 4.39 Å². The van der Waals surface area contributed by atoms with E-state index in [1.807, 2.05) is 6.07 Å². The first kappa shape index (κ1) is 20.6. The van der Waals surface area contributed by atoms with Crippen molar-refractivity contribution in [3.05, 3.63) is 35.1 Å². The number of ether oxygens (including phenoxy) is 1. The van der Waals surface area contributed by atoms with Crippen molar-refractivity contribution in [2.24, 2.45) is 10.9 Å². The van der Waals surface area contributed by atoms with Crippen LogP contribution in [0.2, 0.25) is 0 Å². The van der Waals surface area contributed by atoms with Crippen LogP contribution in [0.25, 0.3) is 0 Å². The summed E-state index contributed by atoms with van der Waals surface area (Å²) in [5.74, 6) is 1.17. The number of nitrogens with one attached hydrogen (secondary N) is 2. The molecule has 1 heterocycles. The highest BCUT2D eigenvalue weighted by molar-refractivity contribution is 5.79. The number of guanidine groups is 1. The van der Waals surface area contributed by atoms with Gasteiger partial charge in [-0.3, -0.25) is 4.90 Å². The zero-order chi connectivity index (χ0) is 18.9. The first-order chi connectivity index (χ1) is 12.5. The second-order valence-electron chi connectivity index (χ2n) is 7.12. The van der Waals surface area contributed by atoms with Crippen LogP contribution >= 0.6 is 0 Å². The van der Waals surface area contributed by atoms with E-state index in [9.17, 15) is 4.39 Å². The average molecular weight is 365 g/mol. The van der Waals surface area contributed by atoms with E-state index in [0.717, 1.165) is 50.9 Å². The molecular formula is C20H33FN4O. The van der Waals surface area contributed by atoms with Crippen molar-refractivity contribution in [2.75, 3.05) is 39.4 Å². The molecule has 2 rings (SSSR count). The van der Waals surface area contributed by atoms with Crippen LogP contribution in [0.3, 0.4) is 0 Å². The Hall–Kier alpha value is -1.66. The summed E-state index contributed by atoms with van der Waals surface area (Å²) >= 11 is 0. The normalized spacial score (nSPS) is 17.4. The monoisotopic (exact) mass is 364 g/mol. The van der Waals surface area contributed by atoms with Gasteiger partial charge in [0.25, 0.3) is 0 Å². The van der Waals surface area contributed by atoms with E-state index in [2.05, 4.69) is 41.3 Å². The van der Waals surface area contributed by atoms with Crippen molar-refractivity contribution >= 4 is 5.96 Å². The minimum atomic E-state index is -0.173. The zero-order valence-corrected chi connectivity index (χ0v) is 16.5.